The van der Waals surface area contributed by atoms with Crippen molar-refractivity contribution in [3.63, 3.8) is 0 Å². The first-order valence-electron chi connectivity index (χ1n) is 31.7. The van der Waals surface area contributed by atoms with Crippen LogP contribution < -0.4 is 0 Å². The van der Waals surface area contributed by atoms with Crippen LogP contribution in [0.4, 0.5) is 0 Å². The van der Waals surface area contributed by atoms with Crippen molar-refractivity contribution in [3.8, 4) is 62.4 Å². The number of nitrogens with zero attached hydrogens (tertiary/aromatic N) is 6. The number of thiophene rings is 3. The Balaban J connectivity index is 0.802. The third-order valence-corrected chi connectivity index (χ3v) is 23.0. The van der Waals surface area contributed by atoms with E-state index in [1.54, 1.807) is 0 Å². The van der Waals surface area contributed by atoms with Crippen molar-refractivity contribution in [2.75, 3.05) is 0 Å². The SMILES string of the molecule is c1ccc2c(c1)sc1ccc(-c3ccc4c5ccccc5n(-c5nc(-c6ccc(-n7c8ccccc8c8ccc(-c9ccc%10sc%11ccccc%11c%10c9)cc87)c7ccccc67)nc(-n6c7ccccc7c7ccc(-c8ccc9sc%10ccccc%10c9c8)cc76)n5)c4c3)cc12. The van der Waals surface area contributed by atoms with Crippen LogP contribution in [0.25, 0.3) is 199 Å². The van der Waals surface area contributed by atoms with Crippen LogP contribution in [0.5, 0.6) is 0 Å². The van der Waals surface area contributed by atoms with Gasteiger partial charge < -0.3 is 4.57 Å². The molecule has 0 aliphatic heterocycles. The first kappa shape index (κ1) is 52.1. The van der Waals surface area contributed by atoms with Gasteiger partial charge in [-0.25, -0.2) is 0 Å². The molecule has 7 aromatic heterocycles. The number of aromatic nitrogens is 6. The molecule has 0 aliphatic carbocycles. The van der Waals surface area contributed by atoms with Gasteiger partial charge in [-0.2, -0.15) is 15.0 Å². The summed E-state index contributed by atoms with van der Waals surface area (Å²) in [7, 11) is 0. The molecule has 0 spiro atoms. The van der Waals surface area contributed by atoms with Crippen molar-refractivity contribution in [2.45, 2.75) is 0 Å². The average Bonchev–Trinajstić information content (AvgIpc) is 1.53. The number of hydrogen-bond acceptors (Lipinski definition) is 6. The predicted molar refractivity (Wildman–Crippen MR) is 401 cm³/mol. The Hall–Kier alpha value is -11.6. The van der Waals surface area contributed by atoms with Gasteiger partial charge in [0.15, 0.2) is 5.82 Å². The molecule has 9 heteroatoms. The fourth-order valence-electron chi connectivity index (χ4n) is 15.2. The number of rotatable bonds is 7. The lowest BCUT2D eigenvalue weighted by Gasteiger charge is -2.16. The first-order valence-corrected chi connectivity index (χ1v) is 34.2. The van der Waals surface area contributed by atoms with Crippen molar-refractivity contribution in [3.05, 3.63) is 291 Å². The van der Waals surface area contributed by atoms with E-state index in [1.807, 2.05) is 34.0 Å². The smallest absolute Gasteiger partial charge is 0.240 e. The van der Waals surface area contributed by atoms with E-state index >= 15 is 0 Å². The summed E-state index contributed by atoms with van der Waals surface area (Å²) < 4.78 is 14.7. The average molecular weight is 1250 g/mol. The third-order valence-electron chi connectivity index (χ3n) is 19.5. The molecule has 21 rings (SSSR count). The van der Waals surface area contributed by atoms with E-state index in [0.717, 1.165) is 98.9 Å². The molecule has 0 fully saturated rings. The van der Waals surface area contributed by atoms with Crippen LogP contribution in [0, 0.1) is 0 Å². The van der Waals surface area contributed by atoms with Gasteiger partial charge in [0, 0.05) is 104 Å². The van der Waals surface area contributed by atoms with Gasteiger partial charge in [0.25, 0.3) is 0 Å². The van der Waals surface area contributed by atoms with Crippen molar-refractivity contribution in [1.29, 1.82) is 0 Å². The monoisotopic (exact) mass is 1250 g/mol. The molecule has 0 radical (unpaired) electrons. The summed E-state index contributed by atoms with van der Waals surface area (Å²) in [4.78, 5) is 17.3. The summed E-state index contributed by atoms with van der Waals surface area (Å²) >= 11 is 5.54. The fraction of sp³-hybridized carbons (Fsp3) is 0. The molecule has 0 atom stereocenters. The molecule has 6 nitrogen and oxygen atoms in total. The number of para-hydroxylation sites is 3. The van der Waals surface area contributed by atoms with Crippen LogP contribution in [-0.4, -0.2) is 28.7 Å². The predicted octanol–water partition coefficient (Wildman–Crippen LogP) is 24.1. The standard InChI is InChI=1S/C85H48N6S3/c1-2-16-56-55(15-1)66(38-39-73(56)89-70-23-9-3-17-57(70)60-35-29-52(46-74(60)89)49-32-40-80-67(43-49)63-20-6-12-26-77(63)92-80)83-86-84(90-71-24-10-4-18-58(71)61-36-30-53(47-75(61)90)50-33-41-81-68(44-50)64-21-7-13-27-78(64)93-81)88-85(87-83)91-72-25-11-5-19-59(72)62-37-31-54(48-76(62)91)51-34-42-82-69(45-51)65-22-8-14-28-79(65)94-82/h1-48H. The van der Waals surface area contributed by atoms with E-state index in [0.29, 0.717) is 17.7 Å². The lowest BCUT2D eigenvalue weighted by molar-refractivity contribution is 0.893. The van der Waals surface area contributed by atoms with Crippen LogP contribution in [0.2, 0.25) is 0 Å². The minimum Gasteiger partial charge on any atom is -0.309 e. The van der Waals surface area contributed by atoms with Crippen LogP contribution >= 0.6 is 34.0 Å². The Morgan fingerprint density at radius 1 is 0.202 bits per heavy atom. The third kappa shape index (κ3) is 7.71. The van der Waals surface area contributed by atoms with Gasteiger partial charge in [-0.05, 0) is 142 Å². The van der Waals surface area contributed by atoms with Gasteiger partial charge in [-0.3, -0.25) is 9.13 Å². The fourth-order valence-corrected chi connectivity index (χ4v) is 18.5. The quantitative estimate of drug-likeness (QED) is 0.160. The minimum atomic E-state index is 0.524. The molecule has 0 unspecified atom stereocenters. The van der Waals surface area contributed by atoms with E-state index in [4.69, 9.17) is 15.0 Å². The Kier molecular flexibility index (Phi) is 11.1. The van der Waals surface area contributed by atoms with E-state index in [9.17, 15) is 0 Å². The van der Waals surface area contributed by atoms with Gasteiger partial charge >= 0.3 is 0 Å². The maximum atomic E-state index is 5.76. The summed E-state index contributed by atoms with van der Waals surface area (Å²) in [6, 6.07) is 107. The number of hydrogen-bond donors (Lipinski definition) is 0. The van der Waals surface area contributed by atoms with Crippen molar-refractivity contribution >= 4 is 171 Å². The van der Waals surface area contributed by atoms with Crippen molar-refractivity contribution in [2.24, 2.45) is 0 Å². The molecule has 94 heavy (non-hydrogen) atoms. The molecule has 14 aromatic carbocycles. The van der Waals surface area contributed by atoms with Crippen LogP contribution in [0.15, 0.2) is 291 Å². The van der Waals surface area contributed by atoms with Gasteiger partial charge in [-0.1, -0.05) is 188 Å². The highest BCUT2D eigenvalue weighted by molar-refractivity contribution is 7.26. The zero-order valence-corrected chi connectivity index (χ0v) is 52.6. The zero-order chi connectivity index (χ0) is 61.3. The minimum absolute atomic E-state index is 0.524. The Morgan fingerprint density at radius 3 is 0.936 bits per heavy atom. The molecule has 0 saturated carbocycles. The molecule has 7 heterocycles. The molecule has 436 valence electrons. The molecule has 0 amide bonds. The molecular formula is C85H48N6S3. The van der Waals surface area contributed by atoms with Crippen molar-refractivity contribution in [1.82, 2.24) is 28.7 Å². The lowest BCUT2D eigenvalue weighted by atomic mass is 10.0. The summed E-state index contributed by atoms with van der Waals surface area (Å²) in [6.45, 7) is 0. The second-order valence-corrected chi connectivity index (χ2v) is 27.9. The Labute approximate surface area is 549 Å². The van der Waals surface area contributed by atoms with Gasteiger partial charge in [-0.15, -0.1) is 34.0 Å². The molecule has 0 bridgehead atoms. The second-order valence-electron chi connectivity index (χ2n) is 24.6. The highest BCUT2D eigenvalue weighted by Crippen LogP contribution is 2.45. The van der Waals surface area contributed by atoms with Gasteiger partial charge in [0.2, 0.25) is 11.9 Å². The van der Waals surface area contributed by atoms with Crippen LogP contribution in [0.1, 0.15) is 0 Å². The van der Waals surface area contributed by atoms with Gasteiger partial charge in [0.1, 0.15) is 0 Å². The molecule has 21 aromatic rings. The van der Waals surface area contributed by atoms with E-state index in [2.05, 4.69) is 305 Å². The highest BCUT2D eigenvalue weighted by atomic mass is 32.1. The maximum absolute atomic E-state index is 5.76. The summed E-state index contributed by atoms with van der Waals surface area (Å²) in [6.07, 6.45) is 0. The molecular weight excluding hydrogens is 1200 g/mol. The number of fused-ring (bicyclic) bond motifs is 19. The normalized spacial score (nSPS) is 12.3. The summed E-state index contributed by atoms with van der Waals surface area (Å²) in [5.41, 5.74) is 15.2. The maximum Gasteiger partial charge on any atom is 0.240 e. The van der Waals surface area contributed by atoms with Gasteiger partial charge in [0.05, 0.1) is 38.8 Å². The first-order chi connectivity index (χ1) is 46.6. The molecule has 0 saturated heterocycles. The Morgan fingerprint density at radius 2 is 0.511 bits per heavy atom. The van der Waals surface area contributed by atoms with Crippen molar-refractivity contribution < 1.29 is 0 Å². The second kappa shape index (κ2) is 20.0. The summed E-state index contributed by atoms with van der Waals surface area (Å²) in [5, 5.41) is 16.7. The zero-order valence-electron chi connectivity index (χ0n) is 50.1. The number of benzene rings is 14. The van der Waals surface area contributed by atoms with E-state index in [1.165, 1.54) is 82.4 Å². The topological polar surface area (TPSA) is 53.5 Å². The van der Waals surface area contributed by atoms with E-state index < -0.39 is 0 Å². The Bertz CT molecular complexity index is 6580. The summed E-state index contributed by atoms with van der Waals surface area (Å²) in [5.74, 6) is 1.62. The lowest BCUT2D eigenvalue weighted by Crippen LogP contribution is -2.10. The largest absolute Gasteiger partial charge is 0.309 e. The highest BCUT2D eigenvalue weighted by Gasteiger charge is 2.25. The van der Waals surface area contributed by atoms with E-state index in [-0.39, 0.29) is 0 Å². The molecule has 0 N–H and O–H groups in total. The molecule has 0 aliphatic rings. The van der Waals surface area contributed by atoms with Crippen LogP contribution in [-0.2, 0) is 0 Å². The van der Waals surface area contributed by atoms with Crippen LogP contribution in [0.3, 0.4) is 0 Å².